The fourth-order valence-corrected chi connectivity index (χ4v) is 5.44. The summed E-state index contributed by atoms with van der Waals surface area (Å²) in [6, 6.07) is 5.61. The van der Waals surface area contributed by atoms with Crippen LogP contribution in [0.25, 0.3) is 11.0 Å². The van der Waals surface area contributed by atoms with Gasteiger partial charge in [0.05, 0.1) is 11.6 Å². The molecule has 0 radical (unpaired) electrons. The maximum Gasteiger partial charge on any atom is 0.314 e. The number of Topliss-reactive ketones (excluding diaryl/α,β-unsaturated/α-hetero) is 1. The van der Waals surface area contributed by atoms with Crippen molar-refractivity contribution >= 4 is 34.4 Å². The minimum atomic E-state index is -0.278. The number of rotatable bonds is 7. The lowest BCUT2D eigenvalue weighted by molar-refractivity contribution is -0.139. The number of hydrogen-bond acceptors (Lipinski definition) is 7. The van der Waals surface area contributed by atoms with E-state index in [1.165, 1.54) is 6.33 Å². The SMILES string of the molecule is CC(=O)C1CCC(CNc2cn(C)c3c(C(=O)NCc4ccc5c(c4)CC(C)C(=O)O5)ncnc23)CC1. The van der Waals surface area contributed by atoms with Crippen LogP contribution in [0, 0.1) is 17.8 Å². The monoisotopic (exact) mass is 503 g/mol. The van der Waals surface area contributed by atoms with E-state index in [2.05, 4.69) is 20.6 Å². The molecule has 1 fully saturated rings. The predicted molar refractivity (Wildman–Crippen MR) is 139 cm³/mol. The smallest absolute Gasteiger partial charge is 0.314 e. The zero-order valence-electron chi connectivity index (χ0n) is 21.5. The highest BCUT2D eigenvalue weighted by Gasteiger charge is 2.26. The Morgan fingerprint density at radius 1 is 1.16 bits per heavy atom. The van der Waals surface area contributed by atoms with Gasteiger partial charge in [-0.1, -0.05) is 19.1 Å². The van der Waals surface area contributed by atoms with Crippen molar-refractivity contribution in [2.45, 2.75) is 52.5 Å². The van der Waals surface area contributed by atoms with Crippen LogP contribution < -0.4 is 15.4 Å². The van der Waals surface area contributed by atoms with Gasteiger partial charge in [-0.3, -0.25) is 14.4 Å². The Kier molecular flexibility index (Phi) is 6.95. The van der Waals surface area contributed by atoms with Crippen LogP contribution in [0.1, 0.15) is 61.1 Å². The molecule has 2 aliphatic rings. The summed E-state index contributed by atoms with van der Waals surface area (Å²) in [5, 5.41) is 6.49. The predicted octanol–water partition coefficient (Wildman–Crippen LogP) is 3.80. The Morgan fingerprint density at radius 3 is 2.70 bits per heavy atom. The van der Waals surface area contributed by atoms with Crippen LogP contribution in [0.3, 0.4) is 0 Å². The third kappa shape index (κ3) is 5.21. The number of anilines is 1. The fraction of sp³-hybridized carbons (Fsp3) is 0.464. The van der Waals surface area contributed by atoms with Crippen LogP contribution >= 0.6 is 0 Å². The molecule has 1 amide bonds. The number of nitrogens with zero attached hydrogens (tertiary/aromatic N) is 3. The van der Waals surface area contributed by atoms with Crippen LogP contribution in [0.4, 0.5) is 5.69 Å². The van der Waals surface area contributed by atoms with E-state index in [4.69, 9.17) is 4.74 Å². The quantitative estimate of drug-likeness (QED) is 0.372. The molecule has 2 N–H and O–H groups in total. The largest absolute Gasteiger partial charge is 0.426 e. The molecule has 9 heteroatoms. The third-order valence-corrected chi connectivity index (χ3v) is 7.69. The molecule has 0 bridgehead atoms. The van der Waals surface area contributed by atoms with E-state index in [1.807, 2.05) is 36.9 Å². The maximum atomic E-state index is 13.1. The molecule has 9 nitrogen and oxygen atoms in total. The van der Waals surface area contributed by atoms with Crippen molar-refractivity contribution in [1.82, 2.24) is 19.9 Å². The Hall–Kier alpha value is -3.75. The Morgan fingerprint density at radius 2 is 1.95 bits per heavy atom. The molecule has 1 aliphatic carbocycles. The molecule has 1 atom stereocenters. The summed E-state index contributed by atoms with van der Waals surface area (Å²) in [6.45, 7) is 4.68. The third-order valence-electron chi connectivity index (χ3n) is 7.69. The topological polar surface area (TPSA) is 115 Å². The summed E-state index contributed by atoms with van der Waals surface area (Å²) in [4.78, 5) is 45.3. The van der Waals surface area contributed by atoms with E-state index in [-0.39, 0.29) is 23.7 Å². The van der Waals surface area contributed by atoms with Gasteiger partial charge >= 0.3 is 5.97 Å². The Bertz CT molecular complexity index is 1360. The summed E-state index contributed by atoms with van der Waals surface area (Å²) < 4.78 is 7.25. The Balaban J connectivity index is 1.25. The molecule has 1 saturated carbocycles. The number of esters is 1. The van der Waals surface area contributed by atoms with Crippen molar-refractivity contribution in [3.8, 4) is 5.75 Å². The van der Waals surface area contributed by atoms with Gasteiger partial charge in [0.25, 0.3) is 5.91 Å². The number of nitrogens with one attached hydrogen (secondary N) is 2. The molecule has 3 aromatic rings. The summed E-state index contributed by atoms with van der Waals surface area (Å²) in [5.74, 6) is 0.949. The number of carbonyl (C=O) groups excluding carboxylic acids is 3. The lowest BCUT2D eigenvalue weighted by atomic mass is 9.80. The van der Waals surface area contributed by atoms with Gasteiger partial charge in [-0.25, -0.2) is 9.97 Å². The minimum absolute atomic E-state index is 0.178. The van der Waals surface area contributed by atoms with Crippen molar-refractivity contribution in [2.24, 2.45) is 24.8 Å². The second kappa shape index (κ2) is 10.3. The molecule has 37 heavy (non-hydrogen) atoms. The van der Waals surface area contributed by atoms with Gasteiger partial charge in [-0.2, -0.15) is 0 Å². The van der Waals surface area contributed by atoms with Gasteiger partial charge in [0.2, 0.25) is 0 Å². The maximum absolute atomic E-state index is 13.1. The van der Waals surface area contributed by atoms with E-state index in [0.717, 1.165) is 49.0 Å². The second-order valence-electron chi connectivity index (χ2n) is 10.4. The number of ketones is 1. The van der Waals surface area contributed by atoms with Crippen LogP contribution in [-0.4, -0.2) is 38.7 Å². The lowest BCUT2D eigenvalue weighted by Crippen LogP contribution is -2.26. The number of amides is 1. The van der Waals surface area contributed by atoms with Crippen LogP contribution in [0.15, 0.2) is 30.7 Å². The van der Waals surface area contributed by atoms with E-state index < -0.39 is 0 Å². The van der Waals surface area contributed by atoms with Crippen LogP contribution in [0.5, 0.6) is 5.75 Å². The number of hydrogen-bond donors (Lipinski definition) is 2. The van der Waals surface area contributed by atoms with E-state index in [0.29, 0.717) is 47.1 Å². The molecular formula is C28H33N5O4. The minimum Gasteiger partial charge on any atom is -0.426 e. The number of ether oxygens (including phenoxy) is 1. The van der Waals surface area contributed by atoms with Gasteiger partial charge in [-0.05, 0) is 62.1 Å². The highest BCUT2D eigenvalue weighted by Crippen LogP contribution is 2.31. The number of aryl methyl sites for hydroxylation is 1. The summed E-state index contributed by atoms with van der Waals surface area (Å²) >= 11 is 0. The number of aromatic nitrogens is 3. The molecule has 2 aromatic heterocycles. The first-order valence-corrected chi connectivity index (χ1v) is 13.0. The molecule has 1 aliphatic heterocycles. The number of fused-ring (bicyclic) bond motifs is 2. The number of benzene rings is 1. The molecule has 0 spiro atoms. The zero-order valence-corrected chi connectivity index (χ0v) is 21.5. The molecule has 0 saturated heterocycles. The fourth-order valence-electron chi connectivity index (χ4n) is 5.44. The molecular weight excluding hydrogens is 470 g/mol. The van der Waals surface area contributed by atoms with Gasteiger partial charge in [0.1, 0.15) is 28.9 Å². The molecule has 194 valence electrons. The summed E-state index contributed by atoms with van der Waals surface area (Å²) in [5.41, 5.74) is 4.48. The zero-order chi connectivity index (χ0) is 26.1. The van der Waals surface area contributed by atoms with E-state index in [9.17, 15) is 14.4 Å². The normalized spacial score (nSPS) is 21.3. The highest BCUT2D eigenvalue weighted by molar-refractivity contribution is 6.06. The van der Waals surface area contributed by atoms with Crippen LogP contribution in [-0.2, 0) is 29.6 Å². The van der Waals surface area contributed by atoms with Crippen molar-refractivity contribution in [3.05, 3.63) is 47.5 Å². The lowest BCUT2D eigenvalue weighted by Gasteiger charge is -2.27. The first-order chi connectivity index (χ1) is 17.8. The summed E-state index contributed by atoms with van der Waals surface area (Å²) in [7, 11) is 1.89. The number of carbonyl (C=O) groups is 3. The van der Waals surface area contributed by atoms with Crippen molar-refractivity contribution in [3.63, 3.8) is 0 Å². The van der Waals surface area contributed by atoms with Gasteiger partial charge in [0.15, 0.2) is 5.69 Å². The molecule has 5 rings (SSSR count). The van der Waals surface area contributed by atoms with E-state index >= 15 is 0 Å². The first kappa shape index (κ1) is 24.9. The van der Waals surface area contributed by atoms with Crippen LogP contribution in [0.2, 0.25) is 0 Å². The Labute approximate surface area is 216 Å². The summed E-state index contributed by atoms with van der Waals surface area (Å²) in [6.07, 6.45) is 7.98. The second-order valence-corrected chi connectivity index (χ2v) is 10.4. The van der Waals surface area contributed by atoms with E-state index in [1.54, 1.807) is 13.0 Å². The highest BCUT2D eigenvalue weighted by atomic mass is 16.5. The average molecular weight is 504 g/mol. The molecule has 1 aromatic carbocycles. The molecule has 1 unspecified atom stereocenters. The molecule has 3 heterocycles. The van der Waals surface area contributed by atoms with Crippen molar-refractivity contribution in [1.29, 1.82) is 0 Å². The van der Waals surface area contributed by atoms with Gasteiger partial charge in [-0.15, -0.1) is 0 Å². The first-order valence-electron chi connectivity index (χ1n) is 13.0. The van der Waals surface area contributed by atoms with Gasteiger partial charge < -0.3 is 19.9 Å². The van der Waals surface area contributed by atoms with Crippen molar-refractivity contribution < 1.29 is 19.1 Å². The standard InChI is InChI=1S/C28H33N5O4/c1-16-10-21-11-19(6-9-23(21)37-28(16)36)13-30-27(35)25-26-24(31-15-32-25)22(14-33(26)3)29-12-18-4-7-20(8-5-18)17(2)34/h6,9,11,14-16,18,20,29H,4-5,7-8,10,12-13H2,1-3H3,(H,30,35). The average Bonchev–Trinajstić information content (AvgIpc) is 3.22. The van der Waals surface area contributed by atoms with Gasteiger partial charge in [0, 0.05) is 32.3 Å². The van der Waals surface area contributed by atoms with Crippen molar-refractivity contribution in [2.75, 3.05) is 11.9 Å².